The van der Waals surface area contributed by atoms with Gasteiger partial charge in [0.05, 0.1) is 6.61 Å². The van der Waals surface area contributed by atoms with Crippen molar-refractivity contribution in [1.82, 2.24) is 0 Å². The van der Waals surface area contributed by atoms with Crippen LogP contribution in [0.25, 0.3) is 0 Å². The van der Waals surface area contributed by atoms with Crippen LogP contribution in [0.1, 0.15) is 33.1 Å². The van der Waals surface area contributed by atoms with Gasteiger partial charge in [0.2, 0.25) is 0 Å². The third kappa shape index (κ3) is 1.62. The van der Waals surface area contributed by atoms with Crippen LogP contribution in [-0.2, 0) is 4.84 Å². The van der Waals surface area contributed by atoms with Crippen molar-refractivity contribution < 1.29 is 4.84 Å². The molecule has 0 amide bonds. The molecule has 1 aliphatic carbocycles. The van der Waals surface area contributed by atoms with Crippen molar-refractivity contribution in [2.75, 3.05) is 12.4 Å². The lowest BCUT2D eigenvalue weighted by molar-refractivity contribution is 0.0578. The normalized spacial score (nSPS) is 34.8. The number of hydrogen-bond donors (Lipinski definition) is 1. The van der Waals surface area contributed by atoms with Crippen LogP contribution >= 0.6 is 11.8 Å². The second-order valence-corrected chi connectivity index (χ2v) is 6.72. The van der Waals surface area contributed by atoms with E-state index in [1.54, 1.807) is 0 Å². The van der Waals surface area contributed by atoms with Gasteiger partial charge in [-0.2, -0.15) is 11.8 Å². The summed E-state index contributed by atoms with van der Waals surface area (Å²) in [5.74, 6) is 7.33. The molecule has 2 nitrogen and oxygen atoms in total. The van der Waals surface area contributed by atoms with Gasteiger partial charge in [-0.1, -0.05) is 13.8 Å². The van der Waals surface area contributed by atoms with Crippen LogP contribution in [-0.4, -0.2) is 17.1 Å². The van der Waals surface area contributed by atoms with E-state index < -0.39 is 0 Å². The molecule has 1 unspecified atom stereocenters. The molecule has 2 aliphatic rings. The number of thioether (sulfide) groups is 1. The van der Waals surface area contributed by atoms with E-state index in [0.717, 1.165) is 12.5 Å². The van der Waals surface area contributed by atoms with Gasteiger partial charge in [0.1, 0.15) is 0 Å². The Morgan fingerprint density at radius 2 is 2.15 bits per heavy atom. The van der Waals surface area contributed by atoms with Gasteiger partial charge >= 0.3 is 0 Å². The van der Waals surface area contributed by atoms with E-state index in [9.17, 15) is 0 Å². The second kappa shape index (κ2) is 3.14. The standard InChI is InChI=1S/C10H19NOS/c1-9(2)8(3-6-13-9)10(4-5-10)7-12-11/h8H,3-7,11H2,1-2H3. The fraction of sp³-hybridized carbons (Fsp3) is 1.00. The van der Waals surface area contributed by atoms with Crippen molar-refractivity contribution >= 4 is 11.8 Å². The van der Waals surface area contributed by atoms with E-state index in [1.807, 2.05) is 0 Å². The molecule has 2 fully saturated rings. The van der Waals surface area contributed by atoms with E-state index in [1.165, 1.54) is 25.0 Å². The maximum atomic E-state index is 5.20. The predicted octanol–water partition coefficient (Wildman–Crippen LogP) is 2.19. The van der Waals surface area contributed by atoms with Gasteiger partial charge in [0.15, 0.2) is 0 Å². The minimum Gasteiger partial charge on any atom is -0.304 e. The fourth-order valence-electron chi connectivity index (χ4n) is 2.85. The molecule has 76 valence electrons. The molecule has 0 radical (unpaired) electrons. The molecule has 0 aromatic rings. The molecule has 0 aromatic carbocycles. The molecule has 1 aliphatic heterocycles. The molecule has 13 heavy (non-hydrogen) atoms. The van der Waals surface area contributed by atoms with E-state index in [0.29, 0.717) is 10.2 Å². The Bertz CT molecular complexity index is 201. The Kier molecular flexibility index (Phi) is 2.37. The smallest absolute Gasteiger partial charge is 0.0738 e. The lowest BCUT2D eigenvalue weighted by Crippen LogP contribution is -2.34. The van der Waals surface area contributed by atoms with Crippen LogP contribution in [0.2, 0.25) is 0 Å². The van der Waals surface area contributed by atoms with E-state index >= 15 is 0 Å². The fourth-order valence-corrected chi connectivity index (χ4v) is 4.30. The van der Waals surface area contributed by atoms with Crippen molar-refractivity contribution in [1.29, 1.82) is 0 Å². The molecule has 0 aromatic heterocycles. The first-order valence-corrected chi connectivity index (χ1v) is 6.05. The maximum absolute atomic E-state index is 5.20. The van der Waals surface area contributed by atoms with Crippen molar-refractivity contribution in [3.8, 4) is 0 Å². The van der Waals surface area contributed by atoms with E-state index in [2.05, 4.69) is 25.6 Å². The highest BCUT2D eigenvalue weighted by Gasteiger charge is 2.56. The largest absolute Gasteiger partial charge is 0.304 e. The summed E-state index contributed by atoms with van der Waals surface area (Å²) in [6.45, 7) is 5.50. The molecule has 1 heterocycles. The van der Waals surface area contributed by atoms with Gasteiger partial charge in [-0.15, -0.1) is 0 Å². The molecule has 2 rings (SSSR count). The zero-order valence-corrected chi connectivity index (χ0v) is 9.32. The lowest BCUT2D eigenvalue weighted by atomic mass is 9.79. The Balaban J connectivity index is 2.07. The van der Waals surface area contributed by atoms with Gasteiger partial charge in [0, 0.05) is 4.75 Å². The Hall–Kier alpha value is 0.270. The first kappa shape index (κ1) is 9.81. The molecule has 3 heteroatoms. The van der Waals surface area contributed by atoms with Crippen molar-refractivity contribution in [3.63, 3.8) is 0 Å². The van der Waals surface area contributed by atoms with Crippen molar-refractivity contribution in [2.45, 2.75) is 37.9 Å². The van der Waals surface area contributed by atoms with Gasteiger partial charge < -0.3 is 4.84 Å². The molecule has 1 atom stereocenters. The Labute approximate surface area is 84.5 Å². The summed E-state index contributed by atoms with van der Waals surface area (Å²) in [6, 6.07) is 0. The average molecular weight is 201 g/mol. The summed E-state index contributed by atoms with van der Waals surface area (Å²) in [4.78, 5) is 4.87. The molecule has 2 N–H and O–H groups in total. The van der Waals surface area contributed by atoms with E-state index in [4.69, 9.17) is 10.7 Å². The van der Waals surface area contributed by atoms with Gasteiger partial charge in [-0.3, -0.25) is 0 Å². The average Bonchev–Trinajstić information content (AvgIpc) is 2.71. The number of hydrogen-bond acceptors (Lipinski definition) is 3. The molecule has 0 bridgehead atoms. The quantitative estimate of drug-likeness (QED) is 0.711. The van der Waals surface area contributed by atoms with Crippen molar-refractivity contribution in [3.05, 3.63) is 0 Å². The minimum atomic E-state index is 0.440. The SMILES string of the molecule is CC1(C)SCCC1C1(CON)CC1. The summed E-state index contributed by atoms with van der Waals surface area (Å²) in [5, 5.41) is 0. The maximum Gasteiger partial charge on any atom is 0.0738 e. The molecular formula is C10H19NOS. The molecular weight excluding hydrogens is 182 g/mol. The zero-order chi connectivity index (χ0) is 9.53. The van der Waals surface area contributed by atoms with Crippen LogP contribution < -0.4 is 5.90 Å². The van der Waals surface area contributed by atoms with Crippen LogP contribution in [0, 0.1) is 11.3 Å². The van der Waals surface area contributed by atoms with Crippen LogP contribution in [0.3, 0.4) is 0 Å². The number of nitrogens with two attached hydrogens (primary N) is 1. The van der Waals surface area contributed by atoms with Gasteiger partial charge in [-0.05, 0) is 36.3 Å². The van der Waals surface area contributed by atoms with E-state index in [-0.39, 0.29) is 0 Å². The van der Waals surface area contributed by atoms with Crippen LogP contribution in [0.4, 0.5) is 0 Å². The molecule has 1 saturated heterocycles. The first-order valence-electron chi connectivity index (χ1n) is 5.06. The third-order valence-corrected chi connectivity index (χ3v) is 5.19. The Morgan fingerprint density at radius 3 is 2.54 bits per heavy atom. The number of rotatable bonds is 3. The summed E-state index contributed by atoms with van der Waals surface area (Å²) < 4.78 is 0.440. The monoisotopic (exact) mass is 201 g/mol. The second-order valence-electron chi connectivity index (χ2n) is 4.97. The Morgan fingerprint density at radius 1 is 1.46 bits per heavy atom. The van der Waals surface area contributed by atoms with Gasteiger partial charge in [-0.25, -0.2) is 5.90 Å². The highest BCUT2D eigenvalue weighted by atomic mass is 32.2. The van der Waals surface area contributed by atoms with Crippen molar-refractivity contribution in [2.24, 2.45) is 17.2 Å². The summed E-state index contributed by atoms with van der Waals surface area (Å²) in [6.07, 6.45) is 3.98. The first-order chi connectivity index (χ1) is 6.11. The van der Waals surface area contributed by atoms with Crippen LogP contribution in [0.15, 0.2) is 0 Å². The lowest BCUT2D eigenvalue weighted by Gasteiger charge is -2.33. The zero-order valence-electron chi connectivity index (χ0n) is 8.51. The summed E-state index contributed by atoms with van der Waals surface area (Å²) in [5.41, 5.74) is 0.446. The van der Waals surface area contributed by atoms with Crippen LogP contribution in [0.5, 0.6) is 0 Å². The van der Waals surface area contributed by atoms with Gasteiger partial charge in [0.25, 0.3) is 0 Å². The summed E-state index contributed by atoms with van der Waals surface area (Å²) in [7, 11) is 0. The summed E-state index contributed by atoms with van der Waals surface area (Å²) >= 11 is 2.10. The highest BCUT2D eigenvalue weighted by molar-refractivity contribution is 8.00. The topological polar surface area (TPSA) is 35.2 Å². The minimum absolute atomic E-state index is 0.440. The highest BCUT2D eigenvalue weighted by Crippen LogP contribution is 2.62. The predicted molar refractivity (Wildman–Crippen MR) is 56.5 cm³/mol. The third-order valence-electron chi connectivity index (χ3n) is 3.72. The molecule has 1 saturated carbocycles. The molecule has 0 spiro atoms.